The first-order valence-corrected chi connectivity index (χ1v) is 7.31. The highest BCUT2D eigenvalue weighted by Crippen LogP contribution is 2.46. The summed E-state index contributed by atoms with van der Waals surface area (Å²) in [5, 5.41) is 11.5. The minimum atomic E-state index is -0.627. The van der Waals surface area contributed by atoms with Crippen LogP contribution in [-0.4, -0.2) is 50.1 Å². The van der Waals surface area contributed by atoms with Gasteiger partial charge >= 0.3 is 5.69 Å². The van der Waals surface area contributed by atoms with E-state index in [-0.39, 0.29) is 22.8 Å². The molecule has 1 amide bonds. The van der Waals surface area contributed by atoms with Gasteiger partial charge < -0.3 is 19.1 Å². The smallest absolute Gasteiger partial charge is 0.327 e. The second-order valence-electron chi connectivity index (χ2n) is 5.15. The van der Waals surface area contributed by atoms with Crippen LogP contribution in [0, 0.1) is 10.1 Å². The molecule has 126 valence electrons. The Bertz CT molecular complexity index is 610. The molecule has 0 aliphatic carbocycles. The van der Waals surface area contributed by atoms with Crippen molar-refractivity contribution < 1.29 is 23.9 Å². The Morgan fingerprint density at radius 2 is 1.70 bits per heavy atom. The van der Waals surface area contributed by atoms with Gasteiger partial charge in [-0.1, -0.05) is 0 Å². The van der Waals surface area contributed by atoms with Crippen LogP contribution in [0.5, 0.6) is 17.2 Å². The minimum Gasteiger partial charge on any atom is -0.493 e. The molecule has 0 aromatic heterocycles. The zero-order valence-electron chi connectivity index (χ0n) is 13.5. The predicted molar refractivity (Wildman–Crippen MR) is 82.5 cm³/mol. The first-order valence-electron chi connectivity index (χ1n) is 7.31. The van der Waals surface area contributed by atoms with Crippen LogP contribution in [0.2, 0.25) is 0 Å². The molecule has 1 aliphatic heterocycles. The molecule has 1 aliphatic rings. The third-order valence-electron chi connectivity index (χ3n) is 3.86. The second-order valence-corrected chi connectivity index (χ2v) is 5.15. The van der Waals surface area contributed by atoms with E-state index in [2.05, 4.69) is 0 Å². The molecule has 0 bridgehead atoms. The summed E-state index contributed by atoms with van der Waals surface area (Å²) in [6.07, 6.45) is 2.84. The number of carbonyl (C=O) groups is 1. The highest BCUT2D eigenvalue weighted by Gasteiger charge is 2.34. The molecule has 1 heterocycles. The number of ether oxygens (including phenoxy) is 3. The summed E-state index contributed by atoms with van der Waals surface area (Å²) in [7, 11) is 4.05. The van der Waals surface area contributed by atoms with E-state index in [4.69, 9.17) is 14.2 Å². The van der Waals surface area contributed by atoms with Crippen molar-refractivity contribution in [3.05, 3.63) is 21.7 Å². The Kier molecular flexibility index (Phi) is 5.25. The van der Waals surface area contributed by atoms with Gasteiger partial charge in [-0.05, 0) is 19.3 Å². The van der Waals surface area contributed by atoms with Crippen molar-refractivity contribution in [3.8, 4) is 17.2 Å². The van der Waals surface area contributed by atoms with Crippen LogP contribution in [-0.2, 0) is 0 Å². The number of amides is 1. The fraction of sp³-hybridized carbons (Fsp3) is 0.533. The maximum absolute atomic E-state index is 12.7. The van der Waals surface area contributed by atoms with Crippen molar-refractivity contribution in [3.63, 3.8) is 0 Å². The van der Waals surface area contributed by atoms with E-state index >= 15 is 0 Å². The number of likely N-dealkylation sites (tertiary alicyclic amines) is 1. The molecule has 0 radical (unpaired) electrons. The average molecular weight is 324 g/mol. The molecule has 1 aromatic carbocycles. The first kappa shape index (κ1) is 16.9. The van der Waals surface area contributed by atoms with Gasteiger partial charge in [0.15, 0.2) is 5.75 Å². The number of nitrogens with zero attached hydrogens (tertiary/aromatic N) is 2. The lowest BCUT2D eigenvalue weighted by atomic mass is 10.1. The molecule has 0 spiro atoms. The van der Waals surface area contributed by atoms with Crippen LogP contribution in [0.25, 0.3) is 0 Å². The van der Waals surface area contributed by atoms with Gasteiger partial charge in [-0.2, -0.15) is 0 Å². The van der Waals surface area contributed by atoms with Crippen molar-refractivity contribution in [1.29, 1.82) is 0 Å². The topological polar surface area (TPSA) is 91.1 Å². The fourth-order valence-corrected chi connectivity index (χ4v) is 2.75. The number of carbonyl (C=O) groups excluding carboxylic acids is 1. The largest absolute Gasteiger partial charge is 0.493 e. The molecule has 0 atom stereocenters. The second kappa shape index (κ2) is 7.17. The Hall–Kier alpha value is -2.51. The van der Waals surface area contributed by atoms with Crippen LogP contribution in [0.15, 0.2) is 6.07 Å². The molecule has 0 saturated carbocycles. The van der Waals surface area contributed by atoms with Crippen LogP contribution in [0.4, 0.5) is 5.69 Å². The molecule has 23 heavy (non-hydrogen) atoms. The average Bonchev–Trinajstić information content (AvgIpc) is 2.59. The lowest BCUT2D eigenvalue weighted by Crippen LogP contribution is -2.36. The molecule has 8 heteroatoms. The number of hydrogen-bond donors (Lipinski definition) is 0. The van der Waals surface area contributed by atoms with E-state index < -0.39 is 16.5 Å². The van der Waals surface area contributed by atoms with E-state index in [0.717, 1.165) is 19.3 Å². The molecule has 0 N–H and O–H groups in total. The minimum absolute atomic E-state index is 0.0496. The summed E-state index contributed by atoms with van der Waals surface area (Å²) in [5.74, 6) is -0.194. The van der Waals surface area contributed by atoms with Gasteiger partial charge in [0.1, 0.15) is 5.56 Å². The molecule has 0 unspecified atom stereocenters. The summed E-state index contributed by atoms with van der Waals surface area (Å²) in [6, 6.07) is 1.34. The SMILES string of the molecule is COc1cc(C(=O)N2CCCCC2)c([N+](=O)[O-])c(OC)c1OC. The first-order chi connectivity index (χ1) is 11.0. The Morgan fingerprint density at radius 1 is 1.09 bits per heavy atom. The Morgan fingerprint density at radius 3 is 2.17 bits per heavy atom. The fourth-order valence-electron chi connectivity index (χ4n) is 2.75. The van der Waals surface area contributed by atoms with E-state index in [1.807, 2.05) is 0 Å². The standard InChI is InChI=1S/C15H20N2O6/c1-21-11-9-10(15(18)16-7-5-4-6-8-16)12(17(19)20)14(23-3)13(11)22-2/h9H,4-8H2,1-3H3. The third-order valence-corrected chi connectivity index (χ3v) is 3.86. The van der Waals surface area contributed by atoms with E-state index in [0.29, 0.717) is 13.1 Å². The van der Waals surface area contributed by atoms with Gasteiger partial charge in [-0.25, -0.2) is 0 Å². The summed E-state index contributed by atoms with van der Waals surface area (Å²) >= 11 is 0. The van der Waals surface area contributed by atoms with Gasteiger partial charge in [0, 0.05) is 19.2 Å². The van der Waals surface area contributed by atoms with Gasteiger partial charge in [-0.3, -0.25) is 14.9 Å². The summed E-state index contributed by atoms with van der Waals surface area (Å²) in [5.41, 5.74) is -0.452. The zero-order valence-corrected chi connectivity index (χ0v) is 13.5. The van der Waals surface area contributed by atoms with Crippen LogP contribution in [0.1, 0.15) is 29.6 Å². The molecule has 2 rings (SSSR count). The highest BCUT2D eigenvalue weighted by molar-refractivity contribution is 6.00. The van der Waals surface area contributed by atoms with E-state index in [1.165, 1.54) is 27.4 Å². The van der Waals surface area contributed by atoms with Crippen LogP contribution < -0.4 is 14.2 Å². The van der Waals surface area contributed by atoms with Crippen molar-refractivity contribution in [2.45, 2.75) is 19.3 Å². The van der Waals surface area contributed by atoms with Crippen LogP contribution in [0.3, 0.4) is 0 Å². The molecule has 1 saturated heterocycles. The van der Waals surface area contributed by atoms with Gasteiger partial charge in [0.2, 0.25) is 11.5 Å². The number of hydrogen-bond acceptors (Lipinski definition) is 6. The lowest BCUT2D eigenvalue weighted by Gasteiger charge is -2.27. The molecular weight excluding hydrogens is 304 g/mol. The maximum Gasteiger partial charge on any atom is 0.327 e. The maximum atomic E-state index is 12.7. The Balaban J connectivity index is 2.60. The Labute approximate surface area is 134 Å². The van der Waals surface area contributed by atoms with Gasteiger partial charge in [0.05, 0.1) is 26.3 Å². The summed E-state index contributed by atoms with van der Waals surface area (Å²) < 4.78 is 15.5. The summed E-state index contributed by atoms with van der Waals surface area (Å²) in [4.78, 5) is 25.2. The lowest BCUT2D eigenvalue weighted by molar-refractivity contribution is -0.386. The number of nitro groups is 1. The van der Waals surface area contributed by atoms with Crippen molar-refractivity contribution >= 4 is 11.6 Å². The summed E-state index contributed by atoms with van der Waals surface area (Å²) in [6.45, 7) is 1.18. The van der Waals surface area contributed by atoms with E-state index in [1.54, 1.807) is 4.90 Å². The number of benzene rings is 1. The number of methoxy groups -OCH3 is 3. The molecular formula is C15H20N2O6. The third kappa shape index (κ3) is 3.15. The van der Waals surface area contributed by atoms with Gasteiger partial charge in [-0.15, -0.1) is 0 Å². The van der Waals surface area contributed by atoms with Gasteiger partial charge in [0.25, 0.3) is 5.91 Å². The number of nitro benzene ring substituents is 1. The monoisotopic (exact) mass is 324 g/mol. The van der Waals surface area contributed by atoms with E-state index in [9.17, 15) is 14.9 Å². The molecule has 1 aromatic rings. The number of rotatable bonds is 5. The highest BCUT2D eigenvalue weighted by atomic mass is 16.6. The van der Waals surface area contributed by atoms with Crippen LogP contribution >= 0.6 is 0 Å². The number of piperidine rings is 1. The molecule has 1 fully saturated rings. The predicted octanol–water partition coefficient (Wildman–Crippen LogP) is 2.25. The quantitative estimate of drug-likeness (QED) is 0.609. The van der Waals surface area contributed by atoms with Crippen molar-refractivity contribution in [1.82, 2.24) is 4.90 Å². The zero-order chi connectivity index (χ0) is 17.0. The molecule has 8 nitrogen and oxygen atoms in total. The van der Waals surface area contributed by atoms with Crippen molar-refractivity contribution in [2.24, 2.45) is 0 Å². The van der Waals surface area contributed by atoms with Crippen molar-refractivity contribution in [2.75, 3.05) is 34.4 Å². The normalized spacial score (nSPS) is 14.3.